The fraction of sp³-hybridized carbons (Fsp3) is 0.333. The summed E-state index contributed by atoms with van der Waals surface area (Å²) in [5.41, 5.74) is 1.54. The highest BCUT2D eigenvalue weighted by molar-refractivity contribution is 6.69. The quantitative estimate of drug-likeness (QED) is 0.754. The van der Waals surface area contributed by atoms with Crippen molar-refractivity contribution in [3.05, 3.63) is 34.9 Å². The summed E-state index contributed by atoms with van der Waals surface area (Å²) in [7, 11) is 0. The van der Waals surface area contributed by atoms with Crippen LogP contribution in [0, 0.1) is 0 Å². The molecule has 2 nitrogen and oxygen atoms in total. The fourth-order valence-electron chi connectivity index (χ4n) is 1.47. The van der Waals surface area contributed by atoms with Gasteiger partial charge in [-0.25, -0.2) is 0 Å². The fourth-order valence-corrected chi connectivity index (χ4v) is 1.76. The molecule has 0 atom stereocenters. The monoisotopic (exact) mass is 258 g/mol. The molecule has 0 aliphatic carbocycles. The van der Waals surface area contributed by atoms with Crippen LogP contribution in [-0.4, -0.2) is 10.5 Å². The lowest BCUT2D eigenvalue weighted by molar-refractivity contribution is 0.107. The van der Waals surface area contributed by atoms with Crippen molar-refractivity contribution in [2.75, 3.05) is 0 Å². The lowest BCUT2D eigenvalue weighted by Crippen LogP contribution is -2.01. The van der Waals surface area contributed by atoms with Gasteiger partial charge in [0.05, 0.1) is 0 Å². The number of hydrogen-bond acceptors (Lipinski definition) is 2. The maximum absolute atomic E-state index is 11.2. The third kappa shape index (κ3) is 3.32. The Morgan fingerprint density at radius 1 is 1.19 bits per heavy atom. The van der Waals surface area contributed by atoms with Crippen LogP contribution in [-0.2, 0) is 6.42 Å². The van der Waals surface area contributed by atoms with Crippen LogP contribution in [0.4, 0.5) is 0 Å². The van der Waals surface area contributed by atoms with E-state index in [0.717, 1.165) is 24.8 Å². The molecule has 0 aromatic heterocycles. The van der Waals surface area contributed by atoms with Crippen molar-refractivity contribution in [2.24, 2.45) is 0 Å². The number of unbranched alkanes of at least 4 members (excludes halogenated alkanes) is 1. The highest BCUT2D eigenvalue weighted by Crippen LogP contribution is 2.18. The van der Waals surface area contributed by atoms with Crippen molar-refractivity contribution < 1.29 is 9.59 Å². The second kappa shape index (κ2) is 6.02. The van der Waals surface area contributed by atoms with Crippen LogP contribution in [0.1, 0.15) is 46.0 Å². The normalized spacial score (nSPS) is 10.2. The van der Waals surface area contributed by atoms with Gasteiger partial charge in [-0.3, -0.25) is 9.59 Å². The molecule has 16 heavy (non-hydrogen) atoms. The zero-order valence-corrected chi connectivity index (χ0v) is 10.4. The molecule has 0 fully saturated rings. The lowest BCUT2D eigenvalue weighted by atomic mass is 10.0. The molecule has 86 valence electrons. The number of carbonyl (C=O) groups is 2. The molecule has 1 aromatic rings. The summed E-state index contributed by atoms with van der Waals surface area (Å²) in [5, 5.41) is -1.13. The molecule has 0 bridgehead atoms. The first-order valence-electron chi connectivity index (χ1n) is 5.08. The van der Waals surface area contributed by atoms with Crippen LogP contribution in [0.5, 0.6) is 0 Å². The standard InChI is InChI=1S/C12H12Cl2O2/c1-2-3-4-8-5-6-9(11(13)15)7-10(8)12(14)16/h5-7H,2-4H2,1H3. The van der Waals surface area contributed by atoms with Gasteiger partial charge in [0.25, 0.3) is 10.5 Å². The molecule has 0 saturated carbocycles. The number of aryl methyl sites for hydroxylation is 1. The van der Waals surface area contributed by atoms with Gasteiger partial charge in [-0.05, 0) is 53.7 Å². The Morgan fingerprint density at radius 3 is 2.38 bits per heavy atom. The average Bonchev–Trinajstić information content (AvgIpc) is 2.25. The molecular formula is C12H12Cl2O2. The van der Waals surface area contributed by atoms with Crippen LogP contribution < -0.4 is 0 Å². The first-order chi connectivity index (χ1) is 7.56. The molecule has 4 heteroatoms. The van der Waals surface area contributed by atoms with E-state index in [4.69, 9.17) is 23.2 Å². The van der Waals surface area contributed by atoms with E-state index in [2.05, 4.69) is 6.92 Å². The molecule has 0 spiro atoms. The van der Waals surface area contributed by atoms with E-state index in [9.17, 15) is 9.59 Å². The molecule has 0 aliphatic heterocycles. The minimum atomic E-state index is -0.582. The van der Waals surface area contributed by atoms with E-state index in [1.807, 2.05) is 0 Å². The number of rotatable bonds is 5. The summed E-state index contributed by atoms with van der Waals surface area (Å²) < 4.78 is 0. The highest BCUT2D eigenvalue weighted by atomic mass is 35.5. The van der Waals surface area contributed by atoms with E-state index in [1.165, 1.54) is 6.07 Å². The summed E-state index contributed by atoms with van der Waals surface area (Å²) >= 11 is 10.8. The summed E-state index contributed by atoms with van der Waals surface area (Å²) in [4.78, 5) is 22.2. The van der Waals surface area contributed by atoms with Crippen molar-refractivity contribution in [3.8, 4) is 0 Å². The van der Waals surface area contributed by atoms with Gasteiger partial charge in [-0.2, -0.15) is 0 Å². The van der Waals surface area contributed by atoms with Crippen LogP contribution >= 0.6 is 23.2 Å². The Hall–Kier alpha value is -0.860. The van der Waals surface area contributed by atoms with Crippen molar-refractivity contribution in [2.45, 2.75) is 26.2 Å². The van der Waals surface area contributed by atoms with E-state index < -0.39 is 10.5 Å². The van der Waals surface area contributed by atoms with E-state index in [0.29, 0.717) is 11.1 Å². The molecule has 1 aromatic carbocycles. The predicted molar refractivity (Wildman–Crippen MR) is 65.4 cm³/mol. The summed E-state index contributed by atoms with van der Waals surface area (Å²) in [6, 6.07) is 4.81. The van der Waals surface area contributed by atoms with Crippen molar-refractivity contribution >= 4 is 33.7 Å². The van der Waals surface area contributed by atoms with E-state index in [-0.39, 0.29) is 0 Å². The SMILES string of the molecule is CCCCc1ccc(C(=O)Cl)cc1C(=O)Cl. The zero-order chi connectivity index (χ0) is 12.1. The molecule has 1 rings (SSSR count). The van der Waals surface area contributed by atoms with Gasteiger partial charge in [0.1, 0.15) is 0 Å². The second-order valence-corrected chi connectivity index (χ2v) is 4.21. The van der Waals surface area contributed by atoms with Gasteiger partial charge in [0, 0.05) is 11.1 Å². The van der Waals surface area contributed by atoms with Gasteiger partial charge >= 0.3 is 0 Å². The van der Waals surface area contributed by atoms with Crippen molar-refractivity contribution in [3.63, 3.8) is 0 Å². The maximum atomic E-state index is 11.2. The zero-order valence-electron chi connectivity index (χ0n) is 8.93. The van der Waals surface area contributed by atoms with Crippen LogP contribution in [0.2, 0.25) is 0 Å². The molecule has 0 amide bonds. The molecular weight excluding hydrogens is 247 g/mol. The summed E-state index contributed by atoms with van der Waals surface area (Å²) in [5.74, 6) is 0. The molecule has 0 radical (unpaired) electrons. The van der Waals surface area contributed by atoms with Crippen LogP contribution in [0.3, 0.4) is 0 Å². The minimum Gasteiger partial charge on any atom is -0.276 e. The molecule has 0 aliphatic rings. The highest BCUT2D eigenvalue weighted by Gasteiger charge is 2.12. The third-order valence-corrected chi connectivity index (χ3v) is 2.77. The number of benzene rings is 1. The smallest absolute Gasteiger partial charge is 0.252 e. The second-order valence-electron chi connectivity index (χ2n) is 3.52. The Labute approximate surface area is 105 Å². The van der Waals surface area contributed by atoms with Crippen LogP contribution in [0.15, 0.2) is 18.2 Å². The van der Waals surface area contributed by atoms with Crippen LogP contribution in [0.25, 0.3) is 0 Å². The van der Waals surface area contributed by atoms with Gasteiger partial charge in [-0.15, -0.1) is 0 Å². The molecule has 0 saturated heterocycles. The maximum Gasteiger partial charge on any atom is 0.252 e. The van der Waals surface area contributed by atoms with E-state index in [1.54, 1.807) is 12.1 Å². The summed E-state index contributed by atoms with van der Waals surface area (Å²) in [6.07, 6.45) is 2.79. The topological polar surface area (TPSA) is 34.1 Å². The number of halogens is 2. The first-order valence-corrected chi connectivity index (χ1v) is 5.84. The first kappa shape index (κ1) is 13.2. The Kier molecular flexibility index (Phi) is 4.97. The average molecular weight is 259 g/mol. The summed E-state index contributed by atoms with van der Waals surface area (Å²) in [6.45, 7) is 2.07. The number of hydrogen-bond donors (Lipinski definition) is 0. The largest absolute Gasteiger partial charge is 0.276 e. The third-order valence-electron chi connectivity index (χ3n) is 2.35. The van der Waals surface area contributed by atoms with E-state index >= 15 is 0 Å². The van der Waals surface area contributed by atoms with Crippen molar-refractivity contribution in [1.29, 1.82) is 0 Å². The molecule has 0 heterocycles. The molecule has 0 N–H and O–H groups in total. The minimum absolute atomic E-state index is 0.297. The lowest BCUT2D eigenvalue weighted by Gasteiger charge is -2.06. The van der Waals surface area contributed by atoms with Gasteiger partial charge in [-0.1, -0.05) is 19.4 Å². The Morgan fingerprint density at radius 2 is 1.88 bits per heavy atom. The van der Waals surface area contributed by atoms with Gasteiger partial charge in [0.15, 0.2) is 0 Å². The van der Waals surface area contributed by atoms with Crippen molar-refractivity contribution in [1.82, 2.24) is 0 Å². The Balaban J connectivity index is 3.09. The Bertz CT molecular complexity index is 413. The number of carbonyl (C=O) groups excluding carboxylic acids is 2. The van der Waals surface area contributed by atoms with Gasteiger partial charge in [0.2, 0.25) is 0 Å². The predicted octanol–water partition coefficient (Wildman–Crippen LogP) is 3.79. The molecule has 0 unspecified atom stereocenters. The van der Waals surface area contributed by atoms with Gasteiger partial charge < -0.3 is 0 Å².